The van der Waals surface area contributed by atoms with Gasteiger partial charge >= 0.3 is 0 Å². The minimum atomic E-state index is -3.46. The van der Waals surface area contributed by atoms with Crippen molar-refractivity contribution in [1.29, 1.82) is 0 Å². The number of H-pyrrole nitrogens is 1. The summed E-state index contributed by atoms with van der Waals surface area (Å²) in [6, 6.07) is 5.33. The van der Waals surface area contributed by atoms with Gasteiger partial charge in [0.05, 0.1) is 17.4 Å². The number of sulfonamides is 1. The molecule has 6 nitrogen and oxygen atoms in total. The van der Waals surface area contributed by atoms with E-state index < -0.39 is 10.0 Å². The standard InChI is InChI=1S/C13H15N3O3S/c1-9-5-10-7-11(8-14-17)15-13(10)12(6-9)20(18,19)16-3-2-4-16/h5-8,15,17H,2-4H2,1H3/b14-8-. The predicted molar refractivity (Wildman–Crippen MR) is 75.8 cm³/mol. The van der Waals surface area contributed by atoms with Crippen molar-refractivity contribution >= 4 is 27.1 Å². The first-order chi connectivity index (χ1) is 9.52. The van der Waals surface area contributed by atoms with Crippen LogP contribution in [0.2, 0.25) is 0 Å². The molecule has 0 aliphatic carbocycles. The average Bonchev–Trinajstić information content (AvgIpc) is 2.67. The van der Waals surface area contributed by atoms with Crippen LogP contribution < -0.4 is 0 Å². The van der Waals surface area contributed by atoms with E-state index in [1.807, 2.05) is 13.0 Å². The Morgan fingerprint density at radius 3 is 2.70 bits per heavy atom. The van der Waals surface area contributed by atoms with Gasteiger partial charge in [-0.05, 0) is 37.1 Å². The molecule has 1 aromatic carbocycles. The molecule has 0 atom stereocenters. The zero-order chi connectivity index (χ0) is 14.3. The van der Waals surface area contributed by atoms with Gasteiger partial charge in [-0.3, -0.25) is 0 Å². The van der Waals surface area contributed by atoms with Crippen LogP contribution >= 0.6 is 0 Å². The Balaban J connectivity index is 2.23. The molecule has 0 saturated carbocycles. The summed E-state index contributed by atoms with van der Waals surface area (Å²) in [5.74, 6) is 0. The second-order valence-corrected chi connectivity index (χ2v) is 6.86. The van der Waals surface area contributed by atoms with Crippen molar-refractivity contribution in [3.8, 4) is 0 Å². The highest BCUT2D eigenvalue weighted by Gasteiger charge is 2.31. The maximum absolute atomic E-state index is 12.6. The first-order valence-electron chi connectivity index (χ1n) is 6.33. The van der Waals surface area contributed by atoms with Crippen molar-refractivity contribution in [3.05, 3.63) is 29.5 Å². The lowest BCUT2D eigenvalue weighted by molar-refractivity contribution is 0.309. The second kappa shape index (κ2) is 4.60. The van der Waals surface area contributed by atoms with Gasteiger partial charge in [0.25, 0.3) is 0 Å². The number of aromatic nitrogens is 1. The minimum absolute atomic E-state index is 0.282. The topological polar surface area (TPSA) is 85.8 Å². The number of fused-ring (bicyclic) bond motifs is 1. The molecule has 106 valence electrons. The molecule has 0 spiro atoms. The van der Waals surface area contributed by atoms with Gasteiger partial charge in [-0.2, -0.15) is 4.31 Å². The zero-order valence-electron chi connectivity index (χ0n) is 11.0. The Bertz CT molecular complexity index is 789. The third-order valence-electron chi connectivity index (χ3n) is 3.49. The van der Waals surface area contributed by atoms with Gasteiger partial charge < -0.3 is 10.2 Å². The summed E-state index contributed by atoms with van der Waals surface area (Å²) in [7, 11) is -3.46. The van der Waals surface area contributed by atoms with Crippen LogP contribution in [-0.2, 0) is 10.0 Å². The number of hydrogen-bond donors (Lipinski definition) is 2. The fourth-order valence-corrected chi connectivity index (χ4v) is 4.16. The summed E-state index contributed by atoms with van der Waals surface area (Å²) in [6.07, 6.45) is 2.15. The number of oxime groups is 1. The Kier molecular flexibility index (Phi) is 3.02. The zero-order valence-corrected chi connectivity index (χ0v) is 11.8. The maximum atomic E-state index is 12.6. The van der Waals surface area contributed by atoms with E-state index in [9.17, 15) is 8.42 Å². The summed E-state index contributed by atoms with van der Waals surface area (Å²) in [6.45, 7) is 3.01. The van der Waals surface area contributed by atoms with Crippen molar-refractivity contribution in [1.82, 2.24) is 9.29 Å². The van der Waals surface area contributed by atoms with Gasteiger partial charge in [-0.1, -0.05) is 5.16 Å². The van der Waals surface area contributed by atoms with Crippen LogP contribution in [0.1, 0.15) is 17.7 Å². The Morgan fingerprint density at radius 2 is 2.10 bits per heavy atom. The number of benzene rings is 1. The van der Waals surface area contributed by atoms with E-state index in [2.05, 4.69) is 10.1 Å². The lowest BCUT2D eigenvalue weighted by atomic mass is 10.2. The predicted octanol–water partition coefficient (Wildman–Crippen LogP) is 1.68. The summed E-state index contributed by atoms with van der Waals surface area (Å²) in [4.78, 5) is 3.27. The largest absolute Gasteiger partial charge is 0.411 e. The number of rotatable bonds is 3. The van der Waals surface area contributed by atoms with Gasteiger partial charge in [0.15, 0.2) is 0 Å². The molecule has 1 aliphatic rings. The third-order valence-corrected chi connectivity index (χ3v) is 5.41. The highest BCUT2D eigenvalue weighted by molar-refractivity contribution is 7.89. The van der Waals surface area contributed by atoms with Crippen LogP contribution in [0.3, 0.4) is 0 Å². The molecule has 1 aliphatic heterocycles. The van der Waals surface area contributed by atoms with Crippen molar-refractivity contribution in [2.24, 2.45) is 5.16 Å². The molecule has 3 rings (SSSR count). The van der Waals surface area contributed by atoms with Crippen molar-refractivity contribution < 1.29 is 13.6 Å². The van der Waals surface area contributed by atoms with Crippen LogP contribution in [0.5, 0.6) is 0 Å². The molecule has 0 radical (unpaired) electrons. The van der Waals surface area contributed by atoms with E-state index in [4.69, 9.17) is 5.21 Å². The Labute approximate surface area is 116 Å². The van der Waals surface area contributed by atoms with Crippen LogP contribution in [0.4, 0.5) is 0 Å². The fourth-order valence-electron chi connectivity index (χ4n) is 2.38. The number of aryl methyl sites for hydroxylation is 1. The second-order valence-electron chi connectivity index (χ2n) is 4.95. The summed E-state index contributed by atoms with van der Waals surface area (Å²) in [5.41, 5.74) is 1.99. The number of nitrogens with one attached hydrogen (secondary N) is 1. The van der Waals surface area contributed by atoms with E-state index in [-0.39, 0.29) is 4.90 Å². The Morgan fingerprint density at radius 1 is 1.35 bits per heavy atom. The fraction of sp³-hybridized carbons (Fsp3) is 0.308. The van der Waals surface area contributed by atoms with Gasteiger partial charge in [-0.15, -0.1) is 0 Å². The van der Waals surface area contributed by atoms with Crippen LogP contribution in [0.15, 0.2) is 28.3 Å². The number of nitrogens with zero attached hydrogens (tertiary/aromatic N) is 2. The van der Waals surface area contributed by atoms with Crippen molar-refractivity contribution in [2.45, 2.75) is 18.2 Å². The molecular weight excluding hydrogens is 278 g/mol. The highest BCUT2D eigenvalue weighted by Crippen LogP contribution is 2.29. The first kappa shape index (κ1) is 13.1. The van der Waals surface area contributed by atoms with Gasteiger partial charge in [0, 0.05) is 18.5 Å². The van der Waals surface area contributed by atoms with Gasteiger partial charge in [-0.25, -0.2) is 8.42 Å². The lowest BCUT2D eigenvalue weighted by Crippen LogP contribution is -2.42. The van der Waals surface area contributed by atoms with E-state index in [1.165, 1.54) is 10.5 Å². The normalized spacial score (nSPS) is 16.9. The molecule has 1 fully saturated rings. The Hall–Kier alpha value is -1.86. The smallest absolute Gasteiger partial charge is 0.245 e. The number of aromatic amines is 1. The highest BCUT2D eigenvalue weighted by atomic mass is 32.2. The minimum Gasteiger partial charge on any atom is -0.411 e. The molecule has 20 heavy (non-hydrogen) atoms. The van der Waals surface area contributed by atoms with Crippen LogP contribution in [0, 0.1) is 6.92 Å². The SMILES string of the molecule is Cc1cc(S(=O)(=O)N2CCC2)c2[nH]c(/C=N\O)cc2c1. The van der Waals surface area contributed by atoms with E-state index in [1.54, 1.807) is 12.1 Å². The van der Waals surface area contributed by atoms with Gasteiger partial charge in [0.2, 0.25) is 10.0 Å². The summed E-state index contributed by atoms with van der Waals surface area (Å²) < 4.78 is 26.6. The maximum Gasteiger partial charge on any atom is 0.245 e. The lowest BCUT2D eigenvalue weighted by Gasteiger charge is -2.29. The van der Waals surface area contributed by atoms with Crippen molar-refractivity contribution in [2.75, 3.05) is 13.1 Å². The first-order valence-corrected chi connectivity index (χ1v) is 7.77. The van der Waals surface area contributed by atoms with E-state index >= 15 is 0 Å². The third kappa shape index (κ3) is 1.99. The molecule has 2 N–H and O–H groups in total. The molecular formula is C13H15N3O3S. The molecule has 2 aromatic rings. The van der Waals surface area contributed by atoms with Crippen LogP contribution in [0.25, 0.3) is 10.9 Å². The summed E-state index contributed by atoms with van der Waals surface area (Å²) >= 11 is 0. The number of hydrogen-bond acceptors (Lipinski definition) is 4. The average molecular weight is 293 g/mol. The van der Waals surface area contributed by atoms with Gasteiger partial charge in [0.1, 0.15) is 4.90 Å². The molecule has 0 bridgehead atoms. The van der Waals surface area contributed by atoms with E-state index in [0.29, 0.717) is 24.3 Å². The monoisotopic (exact) mass is 293 g/mol. The van der Waals surface area contributed by atoms with Crippen molar-refractivity contribution in [3.63, 3.8) is 0 Å². The quantitative estimate of drug-likeness (QED) is 0.513. The molecule has 0 amide bonds. The van der Waals surface area contributed by atoms with E-state index in [0.717, 1.165) is 17.4 Å². The molecule has 0 unspecified atom stereocenters. The molecule has 2 heterocycles. The molecule has 1 saturated heterocycles. The molecule has 1 aromatic heterocycles. The van der Waals surface area contributed by atoms with Crippen LogP contribution in [-0.4, -0.2) is 42.2 Å². The summed E-state index contributed by atoms with van der Waals surface area (Å²) in [5, 5.41) is 12.3. The molecule has 7 heteroatoms.